The minimum absolute atomic E-state index is 0.105. The zero-order valence-corrected chi connectivity index (χ0v) is 15.0. The van der Waals surface area contributed by atoms with Crippen LogP contribution in [-0.2, 0) is 16.1 Å². The summed E-state index contributed by atoms with van der Waals surface area (Å²) in [5.74, 6) is -0.246. The number of amides is 2. The van der Waals surface area contributed by atoms with Crippen LogP contribution in [0, 0.1) is 13.8 Å². The molecule has 0 saturated carbocycles. The fourth-order valence-corrected chi connectivity index (χ4v) is 2.35. The molecule has 2 N–H and O–H groups in total. The van der Waals surface area contributed by atoms with E-state index in [1.54, 1.807) is 11.9 Å². The predicted molar refractivity (Wildman–Crippen MR) is 100 cm³/mol. The van der Waals surface area contributed by atoms with E-state index in [0.717, 1.165) is 16.8 Å². The van der Waals surface area contributed by atoms with Crippen molar-refractivity contribution < 1.29 is 9.59 Å². The molecule has 25 heavy (non-hydrogen) atoms. The molecule has 5 nitrogen and oxygen atoms in total. The number of rotatable bonds is 7. The molecule has 0 saturated heterocycles. The Morgan fingerprint density at radius 1 is 0.840 bits per heavy atom. The second kappa shape index (κ2) is 8.99. The minimum atomic E-state index is -0.141. The van der Waals surface area contributed by atoms with Gasteiger partial charge in [-0.15, -0.1) is 0 Å². The number of nitrogens with one attached hydrogen (secondary N) is 2. The van der Waals surface area contributed by atoms with E-state index in [4.69, 9.17) is 0 Å². The van der Waals surface area contributed by atoms with Gasteiger partial charge in [-0.25, -0.2) is 0 Å². The molecule has 0 aromatic heterocycles. The van der Waals surface area contributed by atoms with Crippen LogP contribution in [-0.4, -0.2) is 36.9 Å². The van der Waals surface area contributed by atoms with Crippen molar-refractivity contribution in [3.63, 3.8) is 0 Å². The standard InChI is InChI=1S/C20H25N3O2/c1-15-4-8-17(9-5-15)12-21-19(24)13-23(3)14-20(25)22-18-10-6-16(2)7-11-18/h4-11H,12-14H2,1-3H3,(H,21,24)(H,22,25). The predicted octanol–water partition coefficient (Wildman–Crippen LogP) is 2.49. The molecule has 2 rings (SSSR count). The van der Waals surface area contributed by atoms with E-state index >= 15 is 0 Å². The summed E-state index contributed by atoms with van der Waals surface area (Å²) >= 11 is 0. The minimum Gasteiger partial charge on any atom is -0.351 e. The molecule has 0 aliphatic carbocycles. The van der Waals surface area contributed by atoms with Gasteiger partial charge >= 0.3 is 0 Å². The van der Waals surface area contributed by atoms with E-state index in [1.165, 1.54) is 5.56 Å². The van der Waals surface area contributed by atoms with Gasteiger partial charge in [-0.1, -0.05) is 47.5 Å². The number of benzene rings is 2. The van der Waals surface area contributed by atoms with Crippen molar-refractivity contribution in [1.29, 1.82) is 0 Å². The normalized spacial score (nSPS) is 10.6. The molecule has 0 heterocycles. The van der Waals surface area contributed by atoms with Crippen LogP contribution in [0.25, 0.3) is 0 Å². The van der Waals surface area contributed by atoms with Gasteiger partial charge in [0.15, 0.2) is 0 Å². The Kier molecular flexibility index (Phi) is 6.71. The maximum atomic E-state index is 12.0. The van der Waals surface area contributed by atoms with Gasteiger partial charge in [0.25, 0.3) is 0 Å². The van der Waals surface area contributed by atoms with Gasteiger partial charge in [0.1, 0.15) is 0 Å². The van der Waals surface area contributed by atoms with Gasteiger partial charge < -0.3 is 10.6 Å². The summed E-state index contributed by atoms with van der Waals surface area (Å²) in [6.07, 6.45) is 0. The average Bonchev–Trinajstić information content (AvgIpc) is 2.56. The highest BCUT2D eigenvalue weighted by Gasteiger charge is 2.11. The molecule has 0 atom stereocenters. The number of carbonyl (C=O) groups is 2. The number of likely N-dealkylation sites (N-methyl/N-ethyl adjacent to an activating group) is 1. The number of aryl methyl sites for hydroxylation is 2. The van der Waals surface area contributed by atoms with Crippen LogP contribution in [0.2, 0.25) is 0 Å². The van der Waals surface area contributed by atoms with Gasteiger partial charge in [0.05, 0.1) is 13.1 Å². The molecule has 2 aromatic rings. The molecule has 2 amide bonds. The van der Waals surface area contributed by atoms with Crippen molar-refractivity contribution >= 4 is 17.5 Å². The van der Waals surface area contributed by atoms with E-state index in [9.17, 15) is 9.59 Å². The summed E-state index contributed by atoms with van der Waals surface area (Å²) in [6.45, 7) is 4.84. The summed E-state index contributed by atoms with van der Waals surface area (Å²) in [7, 11) is 1.75. The zero-order valence-electron chi connectivity index (χ0n) is 15.0. The Morgan fingerprint density at radius 2 is 1.36 bits per heavy atom. The maximum absolute atomic E-state index is 12.0. The molecule has 132 valence electrons. The zero-order chi connectivity index (χ0) is 18.2. The summed E-state index contributed by atoms with van der Waals surface area (Å²) in [4.78, 5) is 25.7. The SMILES string of the molecule is Cc1ccc(CNC(=O)CN(C)CC(=O)Nc2ccc(C)cc2)cc1. The molecule has 5 heteroatoms. The first-order valence-electron chi connectivity index (χ1n) is 8.29. The summed E-state index contributed by atoms with van der Waals surface area (Å²) in [5, 5.41) is 5.69. The van der Waals surface area contributed by atoms with Crippen molar-refractivity contribution in [1.82, 2.24) is 10.2 Å². The molecular weight excluding hydrogens is 314 g/mol. The largest absolute Gasteiger partial charge is 0.351 e. The van der Waals surface area contributed by atoms with Gasteiger partial charge in [-0.2, -0.15) is 0 Å². The fraction of sp³-hybridized carbons (Fsp3) is 0.300. The lowest BCUT2D eigenvalue weighted by molar-refractivity contribution is -0.123. The average molecular weight is 339 g/mol. The van der Waals surface area contributed by atoms with Crippen LogP contribution in [0.1, 0.15) is 16.7 Å². The van der Waals surface area contributed by atoms with Crippen LogP contribution in [0.5, 0.6) is 0 Å². The van der Waals surface area contributed by atoms with E-state index in [1.807, 2.05) is 62.4 Å². The van der Waals surface area contributed by atoms with Gasteiger partial charge in [0.2, 0.25) is 11.8 Å². The Labute approximate surface area is 149 Å². The topological polar surface area (TPSA) is 61.4 Å². The van der Waals surface area contributed by atoms with Gasteiger partial charge in [0, 0.05) is 12.2 Å². The maximum Gasteiger partial charge on any atom is 0.238 e. The fourth-order valence-electron chi connectivity index (χ4n) is 2.35. The number of nitrogens with zero attached hydrogens (tertiary/aromatic N) is 1. The van der Waals surface area contributed by atoms with Crippen molar-refractivity contribution in [2.45, 2.75) is 20.4 Å². The number of carbonyl (C=O) groups excluding carboxylic acids is 2. The Hall–Kier alpha value is -2.66. The highest BCUT2D eigenvalue weighted by atomic mass is 16.2. The molecule has 0 aliphatic rings. The lowest BCUT2D eigenvalue weighted by Crippen LogP contribution is -2.38. The van der Waals surface area contributed by atoms with Gasteiger partial charge in [-0.3, -0.25) is 14.5 Å². The van der Waals surface area contributed by atoms with E-state index < -0.39 is 0 Å². The highest BCUT2D eigenvalue weighted by molar-refractivity contribution is 5.92. The first kappa shape index (κ1) is 18.7. The second-order valence-corrected chi connectivity index (χ2v) is 6.35. The monoisotopic (exact) mass is 339 g/mol. The van der Waals surface area contributed by atoms with Gasteiger partial charge in [-0.05, 0) is 38.6 Å². The van der Waals surface area contributed by atoms with Crippen LogP contribution >= 0.6 is 0 Å². The Morgan fingerprint density at radius 3 is 1.96 bits per heavy atom. The Balaban J connectivity index is 1.72. The number of hydrogen-bond donors (Lipinski definition) is 2. The summed E-state index contributed by atoms with van der Waals surface area (Å²) in [5.41, 5.74) is 4.14. The molecule has 0 aliphatic heterocycles. The molecular formula is C20H25N3O2. The van der Waals surface area contributed by atoms with Crippen LogP contribution in [0.3, 0.4) is 0 Å². The van der Waals surface area contributed by atoms with Crippen LogP contribution in [0.15, 0.2) is 48.5 Å². The third kappa shape index (κ3) is 6.77. The van der Waals surface area contributed by atoms with Crippen molar-refractivity contribution in [2.75, 3.05) is 25.5 Å². The first-order valence-corrected chi connectivity index (χ1v) is 8.29. The smallest absolute Gasteiger partial charge is 0.238 e. The molecule has 0 radical (unpaired) electrons. The van der Waals surface area contributed by atoms with Crippen LogP contribution < -0.4 is 10.6 Å². The lowest BCUT2D eigenvalue weighted by Gasteiger charge is -2.16. The van der Waals surface area contributed by atoms with Crippen molar-refractivity contribution in [3.05, 3.63) is 65.2 Å². The lowest BCUT2D eigenvalue weighted by atomic mass is 10.1. The summed E-state index contributed by atoms with van der Waals surface area (Å²) in [6, 6.07) is 15.6. The van der Waals surface area contributed by atoms with Crippen molar-refractivity contribution in [2.24, 2.45) is 0 Å². The molecule has 0 spiro atoms. The highest BCUT2D eigenvalue weighted by Crippen LogP contribution is 2.08. The molecule has 2 aromatic carbocycles. The molecule has 0 bridgehead atoms. The van der Waals surface area contributed by atoms with E-state index in [-0.39, 0.29) is 24.9 Å². The molecule has 0 unspecified atom stereocenters. The Bertz CT molecular complexity index is 709. The quantitative estimate of drug-likeness (QED) is 0.815. The van der Waals surface area contributed by atoms with E-state index in [0.29, 0.717) is 6.54 Å². The molecule has 0 fully saturated rings. The third-order valence-electron chi connectivity index (χ3n) is 3.77. The summed E-state index contributed by atoms with van der Waals surface area (Å²) < 4.78 is 0. The number of anilines is 1. The van der Waals surface area contributed by atoms with Crippen molar-refractivity contribution in [3.8, 4) is 0 Å². The second-order valence-electron chi connectivity index (χ2n) is 6.35. The third-order valence-corrected chi connectivity index (χ3v) is 3.77. The first-order chi connectivity index (χ1) is 11.9. The van der Waals surface area contributed by atoms with E-state index in [2.05, 4.69) is 10.6 Å². The van der Waals surface area contributed by atoms with Crippen LogP contribution in [0.4, 0.5) is 5.69 Å². The number of hydrogen-bond acceptors (Lipinski definition) is 3.